The zero-order valence-electron chi connectivity index (χ0n) is 12.1. The molecule has 1 rings (SSSR count). The largest absolute Gasteiger partial charge is 0.543 e. The van der Waals surface area contributed by atoms with Gasteiger partial charge in [0.1, 0.15) is 5.75 Å². The van der Waals surface area contributed by atoms with E-state index in [2.05, 4.69) is 38.7 Å². The van der Waals surface area contributed by atoms with E-state index in [-0.39, 0.29) is 10.8 Å². The van der Waals surface area contributed by atoms with Crippen LogP contribution in [0, 0.1) is 0 Å². The van der Waals surface area contributed by atoms with Gasteiger partial charge in [0.15, 0.2) is 0 Å². The van der Waals surface area contributed by atoms with E-state index in [9.17, 15) is 4.79 Å². The van der Waals surface area contributed by atoms with E-state index in [1.807, 2.05) is 6.07 Å². The van der Waals surface area contributed by atoms with Crippen molar-refractivity contribution in [3.8, 4) is 5.75 Å². The molecule has 1 aromatic carbocycles. The van der Waals surface area contributed by atoms with E-state index < -0.39 is 8.32 Å². The number of nitrogens with zero attached hydrogens (tertiary/aromatic N) is 2. The second kappa shape index (κ2) is 5.51. The number of rotatable bonds is 4. The van der Waals surface area contributed by atoms with Gasteiger partial charge in [0.05, 0.1) is 5.56 Å². The lowest BCUT2D eigenvalue weighted by Gasteiger charge is -2.36. The Morgan fingerprint density at radius 3 is 2.42 bits per heavy atom. The molecule has 102 valence electrons. The highest BCUT2D eigenvalue weighted by Crippen LogP contribution is 2.38. The van der Waals surface area contributed by atoms with Crippen LogP contribution in [0.2, 0.25) is 18.1 Å². The molecule has 5 heteroatoms. The number of hydrogen-bond donors (Lipinski definition) is 0. The maximum absolute atomic E-state index is 11.8. The summed E-state index contributed by atoms with van der Waals surface area (Å²) in [7, 11) is -2.01. The number of ketones is 1. The van der Waals surface area contributed by atoms with Gasteiger partial charge in [-0.05, 0) is 30.3 Å². The summed E-state index contributed by atoms with van der Waals surface area (Å²) in [4.78, 5) is 14.6. The molecule has 0 heterocycles. The van der Waals surface area contributed by atoms with Crippen LogP contribution < -0.4 is 4.43 Å². The molecule has 0 aromatic heterocycles. The standard InChI is InChI=1S/C14H20N2O2Si/c1-14(2,3)19(4,5)18-13-9-7-6-8-11(13)12(17)10-16-15/h6-10H,1-5H3. The van der Waals surface area contributed by atoms with Gasteiger partial charge in [0.25, 0.3) is 14.1 Å². The highest BCUT2D eigenvalue weighted by atomic mass is 28.4. The van der Waals surface area contributed by atoms with Crippen LogP contribution in [-0.2, 0) is 0 Å². The van der Waals surface area contributed by atoms with Gasteiger partial charge in [-0.15, -0.1) is 0 Å². The van der Waals surface area contributed by atoms with Crippen LogP contribution >= 0.6 is 0 Å². The molecular formula is C14H20N2O2Si. The fourth-order valence-electron chi connectivity index (χ4n) is 1.31. The lowest BCUT2D eigenvalue weighted by atomic mass is 10.1. The Balaban J connectivity index is 3.16. The van der Waals surface area contributed by atoms with Gasteiger partial charge >= 0.3 is 6.21 Å². The molecule has 0 saturated heterocycles. The second-order valence-corrected chi connectivity index (χ2v) is 10.7. The van der Waals surface area contributed by atoms with Gasteiger partial charge in [-0.2, -0.15) is 4.79 Å². The normalized spacial score (nSPS) is 11.6. The first-order valence-corrected chi connectivity index (χ1v) is 9.09. The van der Waals surface area contributed by atoms with Crippen LogP contribution in [0.3, 0.4) is 0 Å². The Morgan fingerprint density at radius 1 is 1.32 bits per heavy atom. The Bertz CT molecular complexity index is 526. The number of Topliss-reactive ketones (excluding diaryl/α,β-unsaturated/α-hetero) is 1. The molecule has 4 nitrogen and oxygen atoms in total. The minimum Gasteiger partial charge on any atom is -0.543 e. The molecule has 0 amide bonds. The molecular weight excluding hydrogens is 256 g/mol. The lowest BCUT2D eigenvalue weighted by Crippen LogP contribution is -2.44. The molecule has 0 atom stereocenters. The van der Waals surface area contributed by atoms with Crippen molar-refractivity contribution in [3.05, 3.63) is 35.4 Å². The fraction of sp³-hybridized carbons (Fsp3) is 0.429. The summed E-state index contributed by atoms with van der Waals surface area (Å²) >= 11 is 0. The highest BCUT2D eigenvalue weighted by molar-refractivity contribution is 6.74. The molecule has 0 bridgehead atoms. The van der Waals surface area contributed by atoms with Crippen molar-refractivity contribution >= 4 is 20.3 Å². The van der Waals surface area contributed by atoms with Crippen molar-refractivity contribution in [2.75, 3.05) is 0 Å². The molecule has 0 aliphatic rings. The number of para-hydroxylation sites is 1. The number of carbonyl (C=O) groups excluding carboxylic acids is 1. The molecule has 0 aliphatic carbocycles. The smallest absolute Gasteiger partial charge is 0.328 e. The quantitative estimate of drug-likeness (QED) is 0.277. The maximum Gasteiger partial charge on any atom is 0.328 e. The molecule has 0 aliphatic heterocycles. The fourth-order valence-corrected chi connectivity index (χ4v) is 2.34. The molecule has 1 aromatic rings. The van der Waals surface area contributed by atoms with Gasteiger partial charge in [0, 0.05) is 0 Å². The minimum atomic E-state index is -2.01. The molecule has 0 saturated carbocycles. The topological polar surface area (TPSA) is 62.7 Å². The average molecular weight is 276 g/mol. The van der Waals surface area contributed by atoms with Crippen molar-refractivity contribution < 1.29 is 14.0 Å². The summed E-state index contributed by atoms with van der Waals surface area (Å²) in [5.41, 5.74) is 8.89. The van der Waals surface area contributed by atoms with Crippen molar-refractivity contribution in [2.24, 2.45) is 0 Å². The summed E-state index contributed by atoms with van der Waals surface area (Å²) in [6.45, 7) is 10.7. The molecule has 0 unspecified atom stereocenters. The number of benzene rings is 1. The summed E-state index contributed by atoms with van der Waals surface area (Å²) < 4.78 is 6.14. The van der Waals surface area contributed by atoms with Gasteiger partial charge in [-0.3, -0.25) is 4.79 Å². The summed E-state index contributed by atoms with van der Waals surface area (Å²) in [6.07, 6.45) is 0.883. The van der Waals surface area contributed by atoms with Crippen molar-refractivity contribution in [1.82, 2.24) is 0 Å². The third-order valence-corrected chi connectivity index (χ3v) is 7.84. The van der Waals surface area contributed by atoms with E-state index in [0.29, 0.717) is 11.3 Å². The number of carbonyl (C=O) groups is 1. The Kier molecular flexibility index (Phi) is 4.45. The summed E-state index contributed by atoms with van der Waals surface area (Å²) in [6, 6.07) is 7.04. The first-order chi connectivity index (χ1) is 8.69. The van der Waals surface area contributed by atoms with Gasteiger partial charge in [-0.1, -0.05) is 32.9 Å². The van der Waals surface area contributed by atoms with Crippen molar-refractivity contribution in [1.29, 1.82) is 0 Å². The van der Waals surface area contributed by atoms with Gasteiger partial charge in [0.2, 0.25) is 0 Å². The van der Waals surface area contributed by atoms with Crippen LogP contribution in [-0.4, -0.2) is 25.1 Å². The van der Waals surface area contributed by atoms with Crippen LogP contribution in [0.4, 0.5) is 0 Å². The monoisotopic (exact) mass is 276 g/mol. The van der Waals surface area contributed by atoms with E-state index in [1.165, 1.54) is 0 Å². The van der Waals surface area contributed by atoms with Crippen LogP contribution in [0.5, 0.6) is 5.75 Å². The SMILES string of the molecule is CC(C)(C)[Si](C)(C)Oc1ccccc1C(=O)C=[N+]=[N-]. The highest BCUT2D eigenvalue weighted by Gasteiger charge is 2.39. The Labute approximate surface area is 115 Å². The van der Waals surface area contributed by atoms with E-state index in [1.54, 1.807) is 18.2 Å². The van der Waals surface area contributed by atoms with Crippen LogP contribution in [0.25, 0.3) is 5.53 Å². The Morgan fingerprint density at radius 2 is 1.89 bits per heavy atom. The Hall–Kier alpha value is -1.71. The molecule has 0 fully saturated rings. The van der Waals surface area contributed by atoms with E-state index in [0.717, 1.165) is 6.21 Å². The second-order valence-electron chi connectivity index (χ2n) is 5.97. The minimum absolute atomic E-state index is 0.0498. The van der Waals surface area contributed by atoms with Crippen molar-refractivity contribution in [3.63, 3.8) is 0 Å². The first-order valence-electron chi connectivity index (χ1n) is 6.19. The van der Waals surface area contributed by atoms with Gasteiger partial charge < -0.3 is 9.96 Å². The summed E-state index contributed by atoms with van der Waals surface area (Å²) in [5.74, 6) is 0.191. The van der Waals surface area contributed by atoms with E-state index in [4.69, 9.17) is 9.96 Å². The predicted molar refractivity (Wildman–Crippen MR) is 78.3 cm³/mol. The zero-order valence-corrected chi connectivity index (χ0v) is 13.1. The lowest BCUT2D eigenvalue weighted by molar-refractivity contribution is 0.00232. The first kappa shape index (κ1) is 15.3. The summed E-state index contributed by atoms with van der Waals surface area (Å²) in [5, 5.41) is 0.0498. The third kappa shape index (κ3) is 3.62. The van der Waals surface area contributed by atoms with Crippen LogP contribution in [0.1, 0.15) is 31.1 Å². The maximum atomic E-state index is 11.8. The van der Waals surface area contributed by atoms with Gasteiger partial charge in [-0.25, -0.2) is 0 Å². The molecule has 19 heavy (non-hydrogen) atoms. The zero-order chi connectivity index (χ0) is 14.7. The van der Waals surface area contributed by atoms with E-state index >= 15 is 0 Å². The predicted octanol–water partition coefficient (Wildman–Crippen LogP) is 3.55. The third-order valence-electron chi connectivity index (χ3n) is 3.50. The molecule has 0 radical (unpaired) electrons. The molecule has 0 spiro atoms. The number of hydrogen-bond acceptors (Lipinski definition) is 2. The van der Waals surface area contributed by atoms with Crippen LogP contribution in [0.15, 0.2) is 24.3 Å². The molecule has 0 N–H and O–H groups in total. The average Bonchev–Trinajstić information content (AvgIpc) is 2.28. The van der Waals surface area contributed by atoms with Crippen molar-refractivity contribution in [2.45, 2.75) is 38.9 Å².